The molecule has 1 heterocycles. The smallest absolute Gasteiger partial charge is 0.260 e. The maximum Gasteiger partial charge on any atom is 0.260 e. The summed E-state index contributed by atoms with van der Waals surface area (Å²) in [5, 5.41) is 0. The van der Waals surface area contributed by atoms with Gasteiger partial charge in [-0.05, 0) is 30.0 Å². The Labute approximate surface area is 153 Å². The molecular formula is C21H24N2O3. The number of ether oxygens (including phenoxy) is 1. The number of benzene rings is 2. The van der Waals surface area contributed by atoms with E-state index in [0.29, 0.717) is 25.9 Å². The molecule has 2 N–H and O–H groups in total. The van der Waals surface area contributed by atoms with Crippen molar-refractivity contribution in [2.24, 2.45) is 11.7 Å². The molecule has 2 aromatic rings. The summed E-state index contributed by atoms with van der Waals surface area (Å²) in [6, 6.07) is 18.0. The molecule has 26 heavy (non-hydrogen) atoms. The van der Waals surface area contributed by atoms with Crippen LogP contribution in [0.3, 0.4) is 0 Å². The second-order valence-corrected chi connectivity index (χ2v) is 6.62. The summed E-state index contributed by atoms with van der Waals surface area (Å²) in [6.45, 7) is 1.12. The number of carbonyl (C=O) groups excluding carboxylic acids is 2. The van der Waals surface area contributed by atoms with Crippen LogP contribution in [0.1, 0.15) is 24.0 Å². The predicted octanol–water partition coefficient (Wildman–Crippen LogP) is 2.38. The highest BCUT2D eigenvalue weighted by atomic mass is 16.5. The molecule has 1 saturated heterocycles. The molecule has 0 saturated carbocycles. The fourth-order valence-electron chi connectivity index (χ4n) is 3.25. The van der Waals surface area contributed by atoms with Gasteiger partial charge in [0.05, 0.1) is 0 Å². The molecule has 2 amide bonds. The number of carbonyl (C=O) groups is 2. The second-order valence-electron chi connectivity index (χ2n) is 6.62. The van der Waals surface area contributed by atoms with E-state index in [4.69, 9.17) is 10.5 Å². The molecule has 0 aliphatic carbocycles. The molecule has 0 bridgehead atoms. The van der Waals surface area contributed by atoms with Gasteiger partial charge < -0.3 is 15.4 Å². The largest absolute Gasteiger partial charge is 0.483 e. The van der Waals surface area contributed by atoms with Gasteiger partial charge in [0.1, 0.15) is 5.75 Å². The zero-order valence-corrected chi connectivity index (χ0v) is 14.8. The Hall–Kier alpha value is -2.82. The number of hydrogen-bond acceptors (Lipinski definition) is 3. The molecule has 2 aromatic carbocycles. The fraction of sp³-hybridized carbons (Fsp3) is 0.333. The minimum Gasteiger partial charge on any atom is -0.483 e. The number of rotatable bonds is 6. The van der Waals surface area contributed by atoms with Crippen molar-refractivity contribution in [1.82, 2.24) is 4.90 Å². The third kappa shape index (κ3) is 4.63. The molecule has 0 aromatic heterocycles. The zero-order valence-electron chi connectivity index (χ0n) is 14.8. The van der Waals surface area contributed by atoms with Gasteiger partial charge >= 0.3 is 0 Å². The van der Waals surface area contributed by atoms with Crippen molar-refractivity contribution in [3.8, 4) is 5.75 Å². The van der Waals surface area contributed by atoms with Crippen LogP contribution in [0.2, 0.25) is 0 Å². The molecule has 0 atom stereocenters. The lowest BCUT2D eigenvalue weighted by atomic mass is 9.96. The van der Waals surface area contributed by atoms with E-state index in [1.54, 1.807) is 4.90 Å². The van der Waals surface area contributed by atoms with E-state index in [1.165, 1.54) is 5.56 Å². The van der Waals surface area contributed by atoms with E-state index in [-0.39, 0.29) is 24.3 Å². The number of amides is 2. The van der Waals surface area contributed by atoms with Crippen molar-refractivity contribution in [3.05, 3.63) is 65.7 Å². The Morgan fingerprint density at radius 2 is 1.65 bits per heavy atom. The lowest BCUT2D eigenvalue weighted by Gasteiger charge is -2.30. The first-order valence-electron chi connectivity index (χ1n) is 8.95. The monoisotopic (exact) mass is 352 g/mol. The minimum atomic E-state index is -0.275. The first kappa shape index (κ1) is 18.0. The van der Waals surface area contributed by atoms with Crippen LogP contribution in [0, 0.1) is 5.92 Å². The predicted molar refractivity (Wildman–Crippen MR) is 99.7 cm³/mol. The van der Waals surface area contributed by atoms with Gasteiger partial charge in [-0.2, -0.15) is 0 Å². The fourth-order valence-corrected chi connectivity index (χ4v) is 3.25. The van der Waals surface area contributed by atoms with E-state index in [0.717, 1.165) is 17.7 Å². The molecule has 136 valence electrons. The molecule has 1 aliphatic rings. The van der Waals surface area contributed by atoms with E-state index < -0.39 is 0 Å². The summed E-state index contributed by atoms with van der Waals surface area (Å²) in [5.74, 6) is 0.286. The Bertz CT molecular complexity index is 753. The maximum atomic E-state index is 12.4. The Morgan fingerprint density at radius 1 is 1.00 bits per heavy atom. The summed E-state index contributed by atoms with van der Waals surface area (Å²) in [4.78, 5) is 25.4. The van der Waals surface area contributed by atoms with Gasteiger partial charge in [-0.1, -0.05) is 48.5 Å². The number of para-hydroxylation sites is 1. The second kappa shape index (κ2) is 8.52. The quantitative estimate of drug-likeness (QED) is 0.867. The van der Waals surface area contributed by atoms with Crippen LogP contribution in [-0.2, 0) is 16.0 Å². The average Bonchev–Trinajstić information content (AvgIpc) is 2.68. The number of nitrogens with two attached hydrogens (primary N) is 1. The summed E-state index contributed by atoms with van der Waals surface area (Å²) in [5.41, 5.74) is 7.59. The van der Waals surface area contributed by atoms with E-state index >= 15 is 0 Å². The van der Waals surface area contributed by atoms with Crippen LogP contribution in [0.25, 0.3) is 0 Å². The molecule has 5 heteroatoms. The molecular weight excluding hydrogens is 328 g/mol. The highest BCUT2D eigenvalue weighted by molar-refractivity contribution is 5.79. The van der Waals surface area contributed by atoms with Gasteiger partial charge in [0, 0.05) is 25.4 Å². The highest BCUT2D eigenvalue weighted by Crippen LogP contribution is 2.22. The maximum absolute atomic E-state index is 12.4. The van der Waals surface area contributed by atoms with Crippen molar-refractivity contribution >= 4 is 11.8 Å². The Balaban J connectivity index is 1.56. The minimum absolute atomic E-state index is 0.00699. The van der Waals surface area contributed by atoms with Gasteiger partial charge in [0.25, 0.3) is 5.91 Å². The third-order valence-corrected chi connectivity index (χ3v) is 4.81. The summed E-state index contributed by atoms with van der Waals surface area (Å²) in [6.07, 6.45) is 2.02. The first-order chi connectivity index (χ1) is 12.6. The zero-order chi connectivity index (χ0) is 18.4. The van der Waals surface area contributed by atoms with Crippen molar-refractivity contribution < 1.29 is 14.3 Å². The van der Waals surface area contributed by atoms with E-state index in [1.807, 2.05) is 42.5 Å². The molecule has 1 aliphatic heterocycles. The van der Waals surface area contributed by atoms with Gasteiger partial charge in [-0.25, -0.2) is 0 Å². The topological polar surface area (TPSA) is 72.6 Å². The molecule has 0 spiro atoms. The lowest BCUT2D eigenvalue weighted by Crippen LogP contribution is -2.43. The van der Waals surface area contributed by atoms with Gasteiger partial charge in [-0.3, -0.25) is 9.59 Å². The Kier molecular flexibility index (Phi) is 5.89. The number of piperidine rings is 1. The van der Waals surface area contributed by atoms with Crippen molar-refractivity contribution in [2.45, 2.75) is 19.3 Å². The van der Waals surface area contributed by atoms with Crippen LogP contribution < -0.4 is 10.5 Å². The van der Waals surface area contributed by atoms with Crippen molar-refractivity contribution in [2.75, 3.05) is 19.7 Å². The lowest BCUT2D eigenvalue weighted by molar-refractivity contribution is -0.136. The van der Waals surface area contributed by atoms with Gasteiger partial charge in [0.2, 0.25) is 5.91 Å². The van der Waals surface area contributed by atoms with Crippen LogP contribution in [0.15, 0.2) is 54.6 Å². The number of nitrogens with zero attached hydrogens (tertiary/aromatic N) is 1. The third-order valence-electron chi connectivity index (χ3n) is 4.81. The Morgan fingerprint density at radius 3 is 2.35 bits per heavy atom. The normalized spacial score (nSPS) is 14.8. The molecule has 1 fully saturated rings. The van der Waals surface area contributed by atoms with E-state index in [2.05, 4.69) is 12.1 Å². The number of likely N-dealkylation sites (tertiary alicyclic amines) is 1. The molecule has 3 rings (SSSR count). The van der Waals surface area contributed by atoms with Gasteiger partial charge in [0.15, 0.2) is 6.61 Å². The number of primary amides is 1. The van der Waals surface area contributed by atoms with Crippen LogP contribution >= 0.6 is 0 Å². The van der Waals surface area contributed by atoms with Crippen LogP contribution in [-0.4, -0.2) is 36.4 Å². The SMILES string of the molecule is NC(=O)C1CCN(C(=O)COc2ccccc2Cc2ccccc2)CC1. The van der Waals surface area contributed by atoms with Crippen LogP contribution in [0.4, 0.5) is 0 Å². The molecule has 0 unspecified atom stereocenters. The van der Waals surface area contributed by atoms with Crippen molar-refractivity contribution in [1.29, 1.82) is 0 Å². The first-order valence-corrected chi connectivity index (χ1v) is 8.95. The van der Waals surface area contributed by atoms with Gasteiger partial charge in [-0.15, -0.1) is 0 Å². The van der Waals surface area contributed by atoms with Crippen molar-refractivity contribution in [3.63, 3.8) is 0 Å². The highest BCUT2D eigenvalue weighted by Gasteiger charge is 2.26. The number of hydrogen-bond donors (Lipinski definition) is 1. The summed E-state index contributed by atoms with van der Waals surface area (Å²) < 4.78 is 5.82. The average molecular weight is 352 g/mol. The molecule has 0 radical (unpaired) electrons. The van der Waals surface area contributed by atoms with E-state index in [9.17, 15) is 9.59 Å². The molecule has 5 nitrogen and oxygen atoms in total. The van der Waals surface area contributed by atoms with Crippen LogP contribution in [0.5, 0.6) is 5.75 Å². The summed E-state index contributed by atoms with van der Waals surface area (Å²) >= 11 is 0. The standard InChI is InChI=1S/C21H24N2O3/c22-21(25)17-10-12-23(13-11-17)20(24)15-26-19-9-5-4-8-18(19)14-16-6-2-1-3-7-16/h1-9,17H,10-15H2,(H2,22,25). The summed E-state index contributed by atoms with van der Waals surface area (Å²) in [7, 11) is 0.